The van der Waals surface area contributed by atoms with E-state index in [0.29, 0.717) is 26.2 Å². The summed E-state index contributed by atoms with van der Waals surface area (Å²) >= 11 is 0. The van der Waals surface area contributed by atoms with Crippen LogP contribution in [-0.2, 0) is 19.5 Å². The maximum atomic E-state index is 12.3. The van der Waals surface area contributed by atoms with Gasteiger partial charge in [0.25, 0.3) is 0 Å². The van der Waals surface area contributed by atoms with Crippen LogP contribution in [0.4, 0.5) is 0 Å². The summed E-state index contributed by atoms with van der Waals surface area (Å²) in [5.74, 6) is 2.52. The number of aryl methyl sites for hydroxylation is 3. The minimum absolute atomic E-state index is 0.0189. The van der Waals surface area contributed by atoms with E-state index in [2.05, 4.69) is 27.6 Å². The number of guanidine groups is 1. The van der Waals surface area contributed by atoms with E-state index >= 15 is 0 Å². The Morgan fingerprint density at radius 1 is 1.21 bits per heavy atom. The molecule has 0 aliphatic carbocycles. The molecule has 0 radical (unpaired) electrons. The molecule has 2 aromatic rings. The van der Waals surface area contributed by atoms with Gasteiger partial charge in [0.15, 0.2) is 5.96 Å². The monoisotopic (exact) mass is 386 g/mol. The normalized spacial score (nSPS) is 13.9. The minimum Gasteiger partial charge on any atom is -0.492 e. The Balaban J connectivity index is 1.34. The number of aromatic nitrogens is 3. The fourth-order valence-corrected chi connectivity index (χ4v) is 3.22. The first-order chi connectivity index (χ1) is 13.7. The molecule has 0 saturated heterocycles. The molecule has 1 aromatic carbocycles. The Morgan fingerprint density at radius 3 is 2.75 bits per heavy atom. The average molecular weight is 387 g/mol. The van der Waals surface area contributed by atoms with Gasteiger partial charge in [-0.1, -0.05) is 17.7 Å². The maximum Gasteiger partial charge on any atom is 0.345 e. The number of aliphatic imine (C=N–C) groups is 1. The van der Waals surface area contributed by atoms with Crippen molar-refractivity contribution >= 4 is 5.96 Å². The summed E-state index contributed by atoms with van der Waals surface area (Å²) in [5.41, 5.74) is 1.23. The third kappa shape index (κ3) is 5.37. The molecule has 8 heteroatoms. The molecule has 0 saturated carbocycles. The number of rotatable bonds is 8. The fraction of sp³-hybridized carbons (Fsp3) is 0.550. The van der Waals surface area contributed by atoms with E-state index in [4.69, 9.17) is 4.74 Å². The number of nitrogens with one attached hydrogen (secondary N) is 2. The van der Waals surface area contributed by atoms with Crippen LogP contribution in [0, 0.1) is 6.92 Å². The first-order valence-electron chi connectivity index (χ1n) is 9.98. The Labute approximate surface area is 165 Å². The third-order valence-corrected chi connectivity index (χ3v) is 4.78. The number of ether oxygens (including phenoxy) is 1. The molecule has 28 heavy (non-hydrogen) atoms. The molecule has 0 unspecified atom stereocenters. The van der Waals surface area contributed by atoms with Crippen LogP contribution >= 0.6 is 0 Å². The summed E-state index contributed by atoms with van der Waals surface area (Å²) in [6, 6.07) is 8.01. The van der Waals surface area contributed by atoms with Gasteiger partial charge in [0.1, 0.15) is 18.2 Å². The molecule has 3 rings (SSSR count). The van der Waals surface area contributed by atoms with Crippen molar-refractivity contribution in [1.29, 1.82) is 0 Å². The first kappa shape index (κ1) is 20.0. The van der Waals surface area contributed by atoms with Gasteiger partial charge in [-0.25, -0.2) is 9.48 Å². The van der Waals surface area contributed by atoms with Gasteiger partial charge in [0, 0.05) is 33.1 Å². The van der Waals surface area contributed by atoms with E-state index in [1.807, 2.05) is 28.8 Å². The van der Waals surface area contributed by atoms with E-state index in [1.54, 1.807) is 11.7 Å². The molecular formula is C20H30N6O2. The Morgan fingerprint density at radius 2 is 2.00 bits per heavy atom. The van der Waals surface area contributed by atoms with Gasteiger partial charge in [-0.15, -0.1) is 0 Å². The molecule has 152 valence electrons. The summed E-state index contributed by atoms with van der Waals surface area (Å²) in [6.07, 6.45) is 3.89. The lowest BCUT2D eigenvalue weighted by Gasteiger charge is -2.12. The zero-order valence-corrected chi connectivity index (χ0v) is 16.8. The molecule has 2 heterocycles. The van der Waals surface area contributed by atoms with Crippen LogP contribution in [0.15, 0.2) is 34.1 Å². The van der Waals surface area contributed by atoms with Gasteiger partial charge in [-0.3, -0.25) is 9.56 Å². The minimum atomic E-state index is 0.0189. The lowest BCUT2D eigenvalue weighted by atomic mass is 10.2. The SMILES string of the molecule is CN=C(NCCCn1nc2n(c1=O)CCCC2)NCCOc1ccc(C)cc1. The van der Waals surface area contributed by atoms with E-state index in [9.17, 15) is 4.79 Å². The second-order valence-electron chi connectivity index (χ2n) is 6.97. The van der Waals surface area contributed by atoms with Gasteiger partial charge in [-0.05, 0) is 38.3 Å². The van der Waals surface area contributed by atoms with Crippen molar-refractivity contribution in [1.82, 2.24) is 25.0 Å². The van der Waals surface area contributed by atoms with Gasteiger partial charge in [-0.2, -0.15) is 5.10 Å². The zero-order chi connectivity index (χ0) is 19.8. The molecule has 1 aromatic heterocycles. The highest BCUT2D eigenvalue weighted by molar-refractivity contribution is 5.79. The van der Waals surface area contributed by atoms with Gasteiger partial charge < -0.3 is 15.4 Å². The Kier molecular flexibility index (Phi) is 7.11. The second kappa shape index (κ2) is 9.96. The highest BCUT2D eigenvalue weighted by Gasteiger charge is 2.16. The Bertz CT molecular complexity index is 837. The van der Waals surface area contributed by atoms with E-state index in [-0.39, 0.29) is 5.69 Å². The summed E-state index contributed by atoms with van der Waals surface area (Å²) in [4.78, 5) is 16.5. The second-order valence-corrected chi connectivity index (χ2v) is 6.97. The van der Waals surface area contributed by atoms with Crippen molar-refractivity contribution in [2.75, 3.05) is 26.7 Å². The molecule has 8 nitrogen and oxygen atoms in total. The summed E-state index contributed by atoms with van der Waals surface area (Å²) in [6.45, 7) is 5.39. The number of hydrogen-bond donors (Lipinski definition) is 2. The van der Waals surface area contributed by atoms with E-state index < -0.39 is 0 Å². The highest BCUT2D eigenvalue weighted by atomic mass is 16.5. The number of hydrogen-bond acceptors (Lipinski definition) is 4. The van der Waals surface area contributed by atoms with Crippen molar-refractivity contribution in [3.8, 4) is 5.75 Å². The van der Waals surface area contributed by atoms with Crippen molar-refractivity contribution < 1.29 is 4.74 Å². The van der Waals surface area contributed by atoms with Gasteiger partial charge in [0.2, 0.25) is 0 Å². The van der Waals surface area contributed by atoms with Crippen LogP contribution < -0.4 is 21.1 Å². The zero-order valence-electron chi connectivity index (χ0n) is 16.8. The number of fused-ring (bicyclic) bond motifs is 1. The molecule has 0 fully saturated rings. The quantitative estimate of drug-likeness (QED) is 0.406. The van der Waals surface area contributed by atoms with Crippen molar-refractivity contribution in [2.45, 2.75) is 45.7 Å². The molecule has 2 N–H and O–H groups in total. The maximum absolute atomic E-state index is 12.3. The molecule has 1 aliphatic heterocycles. The van der Waals surface area contributed by atoms with Gasteiger partial charge >= 0.3 is 5.69 Å². The highest BCUT2D eigenvalue weighted by Crippen LogP contribution is 2.11. The van der Waals surface area contributed by atoms with Gasteiger partial charge in [0.05, 0.1) is 6.54 Å². The predicted molar refractivity (Wildman–Crippen MR) is 110 cm³/mol. The Hall–Kier alpha value is -2.77. The van der Waals surface area contributed by atoms with E-state index in [0.717, 1.165) is 49.8 Å². The molecular weight excluding hydrogens is 356 g/mol. The van der Waals surface area contributed by atoms with Crippen LogP contribution in [0.2, 0.25) is 0 Å². The fourth-order valence-electron chi connectivity index (χ4n) is 3.22. The first-order valence-corrected chi connectivity index (χ1v) is 9.98. The largest absolute Gasteiger partial charge is 0.492 e. The topological polar surface area (TPSA) is 85.5 Å². The number of benzene rings is 1. The van der Waals surface area contributed by atoms with Crippen LogP contribution in [0.3, 0.4) is 0 Å². The van der Waals surface area contributed by atoms with Crippen LogP contribution in [0.1, 0.15) is 30.7 Å². The standard InChI is InChI=1S/C20H30N6O2/c1-16-7-9-17(10-8-16)28-15-12-23-19(21-2)22-11-5-14-26-20(27)25-13-4-3-6-18(25)24-26/h7-10H,3-6,11-15H2,1-2H3,(H2,21,22,23). The molecule has 0 bridgehead atoms. The predicted octanol–water partition coefficient (Wildman–Crippen LogP) is 1.32. The average Bonchev–Trinajstić information content (AvgIpc) is 3.04. The van der Waals surface area contributed by atoms with Crippen LogP contribution in [0.25, 0.3) is 0 Å². The van der Waals surface area contributed by atoms with Crippen molar-refractivity contribution in [3.63, 3.8) is 0 Å². The molecule has 1 aliphatic rings. The lowest BCUT2D eigenvalue weighted by Crippen LogP contribution is -2.40. The summed E-state index contributed by atoms with van der Waals surface area (Å²) < 4.78 is 9.10. The smallest absolute Gasteiger partial charge is 0.345 e. The van der Waals surface area contributed by atoms with Crippen molar-refractivity contribution in [3.05, 3.63) is 46.1 Å². The van der Waals surface area contributed by atoms with E-state index in [1.165, 1.54) is 5.56 Å². The molecule has 0 amide bonds. The van der Waals surface area contributed by atoms with Crippen molar-refractivity contribution in [2.24, 2.45) is 4.99 Å². The number of nitrogens with zero attached hydrogens (tertiary/aromatic N) is 4. The van der Waals surface area contributed by atoms with Crippen LogP contribution in [-0.4, -0.2) is 47.1 Å². The third-order valence-electron chi connectivity index (χ3n) is 4.78. The summed E-state index contributed by atoms with van der Waals surface area (Å²) in [5, 5.41) is 10.9. The van der Waals surface area contributed by atoms with Crippen LogP contribution in [0.5, 0.6) is 5.75 Å². The molecule has 0 spiro atoms. The summed E-state index contributed by atoms with van der Waals surface area (Å²) in [7, 11) is 1.74. The lowest BCUT2D eigenvalue weighted by molar-refractivity contribution is 0.322. The molecule has 0 atom stereocenters.